The van der Waals surface area contributed by atoms with Gasteiger partial charge in [0.05, 0.1) is 38.9 Å². The first-order chi connectivity index (χ1) is 16.9. The highest BCUT2D eigenvalue weighted by molar-refractivity contribution is 6.06. The highest BCUT2D eigenvalue weighted by Gasteiger charge is 2.31. The Morgan fingerprint density at radius 3 is 2.37 bits per heavy atom. The number of carbonyl (C=O) groups excluding carboxylic acids is 2. The van der Waals surface area contributed by atoms with Gasteiger partial charge in [0.15, 0.2) is 5.69 Å². The van der Waals surface area contributed by atoms with E-state index < -0.39 is 11.9 Å². The van der Waals surface area contributed by atoms with Crippen molar-refractivity contribution < 1.29 is 23.8 Å². The Labute approximate surface area is 202 Å². The minimum Gasteiger partial charge on any atom is -0.491 e. The summed E-state index contributed by atoms with van der Waals surface area (Å²) in [5.41, 5.74) is 2.38. The Morgan fingerprint density at radius 2 is 1.74 bits per heavy atom. The standard InChI is InChI=1S/C26H26N4O5/c1-17(2)35-21-11-10-18(14-19(21)15-29-13-12-27-16-29)23-22(25(31)33-3)24(26(32)34-4)30(28-23)20-8-6-5-7-9-20/h5-14,16-17H,15H2,1-4H3. The van der Waals surface area contributed by atoms with Crippen molar-refractivity contribution in [3.8, 4) is 22.7 Å². The van der Waals surface area contributed by atoms with Crippen molar-refractivity contribution in [2.45, 2.75) is 26.5 Å². The maximum absolute atomic E-state index is 12.9. The van der Waals surface area contributed by atoms with Crippen LogP contribution in [0.1, 0.15) is 40.3 Å². The molecule has 0 atom stereocenters. The first kappa shape index (κ1) is 23.7. The van der Waals surface area contributed by atoms with Crippen LogP contribution < -0.4 is 4.74 Å². The van der Waals surface area contributed by atoms with Crippen molar-refractivity contribution in [3.63, 3.8) is 0 Å². The SMILES string of the molecule is COC(=O)c1c(-c2ccc(OC(C)C)c(Cn3ccnc3)c2)nn(-c2ccccc2)c1C(=O)OC. The first-order valence-electron chi connectivity index (χ1n) is 11.0. The zero-order valence-corrected chi connectivity index (χ0v) is 20.0. The van der Waals surface area contributed by atoms with Gasteiger partial charge in [-0.3, -0.25) is 0 Å². The fourth-order valence-electron chi connectivity index (χ4n) is 3.75. The maximum atomic E-state index is 12.9. The molecule has 2 heterocycles. The van der Waals surface area contributed by atoms with Crippen LogP contribution in [-0.2, 0) is 16.0 Å². The van der Waals surface area contributed by atoms with Gasteiger partial charge in [-0.05, 0) is 44.2 Å². The molecule has 0 amide bonds. The third-order valence-electron chi connectivity index (χ3n) is 5.26. The summed E-state index contributed by atoms with van der Waals surface area (Å²) in [5, 5.41) is 4.67. The molecule has 0 aliphatic heterocycles. The van der Waals surface area contributed by atoms with E-state index in [1.165, 1.54) is 18.9 Å². The summed E-state index contributed by atoms with van der Waals surface area (Å²) < 4.78 is 19.4. The van der Waals surface area contributed by atoms with Gasteiger partial charge in [0.1, 0.15) is 17.0 Å². The van der Waals surface area contributed by atoms with Crippen LogP contribution in [0.3, 0.4) is 0 Å². The molecule has 9 heteroatoms. The van der Waals surface area contributed by atoms with Gasteiger partial charge >= 0.3 is 11.9 Å². The van der Waals surface area contributed by atoms with E-state index in [2.05, 4.69) is 10.1 Å². The number of rotatable bonds is 8. The molecule has 0 saturated carbocycles. The Morgan fingerprint density at radius 1 is 1.00 bits per heavy atom. The lowest BCUT2D eigenvalue weighted by Gasteiger charge is -2.16. The summed E-state index contributed by atoms with van der Waals surface area (Å²) in [5.74, 6) is -0.694. The third-order valence-corrected chi connectivity index (χ3v) is 5.26. The third kappa shape index (κ3) is 4.93. The minimum absolute atomic E-state index is 0.0146. The van der Waals surface area contributed by atoms with Crippen LogP contribution in [-0.4, -0.2) is 51.6 Å². The van der Waals surface area contributed by atoms with E-state index in [1.54, 1.807) is 30.7 Å². The fraction of sp³-hybridized carbons (Fsp3) is 0.231. The van der Waals surface area contributed by atoms with Crippen molar-refractivity contribution in [1.29, 1.82) is 0 Å². The summed E-state index contributed by atoms with van der Waals surface area (Å²) in [4.78, 5) is 29.9. The lowest BCUT2D eigenvalue weighted by molar-refractivity contribution is 0.0549. The molecule has 9 nitrogen and oxygen atoms in total. The van der Waals surface area contributed by atoms with Gasteiger partial charge in [0.25, 0.3) is 0 Å². The Kier molecular flexibility index (Phi) is 6.96. The summed E-state index contributed by atoms with van der Waals surface area (Å²) in [6.07, 6.45) is 5.24. The van der Waals surface area contributed by atoms with Crippen LogP contribution in [0.5, 0.6) is 5.75 Å². The fourth-order valence-corrected chi connectivity index (χ4v) is 3.75. The molecule has 4 rings (SSSR count). The largest absolute Gasteiger partial charge is 0.491 e. The molecule has 35 heavy (non-hydrogen) atoms. The number of carbonyl (C=O) groups is 2. The van der Waals surface area contributed by atoms with Gasteiger partial charge in [0.2, 0.25) is 0 Å². The highest BCUT2D eigenvalue weighted by atomic mass is 16.5. The number of para-hydroxylation sites is 1. The van der Waals surface area contributed by atoms with Crippen molar-refractivity contribution in [3.05, 3.63) is 84.1 Å². The lowest BCUT2D eigenvalue weighted by Crippen LogP contribution is -2.15. The molecular formula is C26H26N4O5. The molecule has 2 aromatic carbocycles. The van der Waals surface area contributed by atoms with Crippen LogP contribution >= 0.6 is 0 Å². The van der Waals surface area contributed by atoms with Gasteiger partial charge in [-0.25, -0.2) is 19.3 Å². The van der Waals surface area contributed by atoms with E-state index in [0.717, 1.165) is 5.56 Å². The van der Waals surface area contributed by atoms with Crippen LogP contribution in [0, 0.1) is 0 Å². The molecule has 2 aromatic heterocycles. The van der Waals surface area contributed by atoms with Crippen LogP contribution in [0.2, 0.25) is 0 Å². The van der Waals surface area contributed by atoms with Gasteiger partial charge in [-0.15, -0.1) is 0 Å². The normalized spacial score (nSPS) is 10.9. The summed E-state index contributed by atoms with van der Waals surface area (Å²) in [6, 6.07) is 14.6. The van der Waals surface area contributed by atoms with E-state index in [9.17, 15) is 9.59 Å². The second-order valence-electron chi connectivity index (χ2n) is 8.03. The number of hydrogen-bond donors (Lipinski definition) is 0. The highest BCUT2D eigenvalue weighted by Crippen LogP contribution is 2.33. The predicted molar refractivity (Wildman–Crippen MR) is 129 cm³/mol. The van der Waals surface area contributed by atoms with E-state index in [1.807, 2.05) is 54.9 Å². The van der Waals surface area contributed by atoms with Gasteiger partial charge in [-0.1, -0.05) is 18.2 Å². The number of nitrogens with zero attached hydrogens (tertiary/aromatic N) is 4. The van der Waals surface area contributed by atoms with Crippen molar-refractivity contribution >= 4 is 11.9 Å². The number of benzene rings is 2. The first-order valence-corrected chi connectivity index (χ1v) is 11.0. The zero-order chi connectivity index (χ0) is 24.9. The Hall–Kier alpha value is -4.40. The summed E-state index contributed by atoms with van der Waals surface area (Å²) >= 11 is 0. The minimum atomic E-state index is -0.702. The quantitative estimate of drug-likeness (QED) is 0.354. The zero-order valence-electron chi connectivity index (χ0n) is 20.0. The van der Waals surface area contributed by atoms with E-state index >= 15 is 0 Å². The monoisotopic (exact) mass is 474 g/mol. The van der Waals surface area contributed by atoms with Crippen LogP contribution in [0.4, 0.5) is 0 Å². The lowest BCUT2D eigenvalue weighted by atomic mass is 10.0. The van der Waals surface area contributed by atoms with Gasteiger partial charge in [-0.2, -0.15) is 5.10 Å². The topological polar surface area (TPSA) is 97.5 Å². The van der Waals surface area contributed by atoms with Gasteiger partial charge < -0.3 is 18.8 Å². The maximum Gasteiger partial charge on any atom is 0.357 e. The number of methoxy groups -OCH3 is 2. The number of imidazole rings is 1. The van der Waals surface area contributed by atoms with Crippen molar-refractivity contribution in [2.24, 2.45) is 0 Å². The molecule has 0 fully saturated rings. The molecule has 0 radical (unpaired) electrons. The molecule has 4 aromatic rings. The van der Waals surface area contributed by atoms with Crippen molar-refractivity contribution in [1.82, 2.24) is 19.3 Å². The Balaban J connectivity index is 1.94. The van der Waals surface area contributed by atoms with Crippen molar-refractivity contribution in [2.75, 3.05) is 14.2 Å². The van der Waals surface area contributed by atoms with E-state index in [-0.39, 0.29) is 17.4 Å². The van der Waals surface area contributed by atoms with E-state index in [4.69, 9.17) is 14.2 Å². The molecule has 0 aliphatic carbocycles. The molecule has 0 N–H and O–H groups in total. The predicted octanol–water partition coefficient (Wildman–Crippen LogP) is 4.14. The molecule has 0 saturated heterocycles. The summed E-state index contributed by atoms with van der Waals surface area (Å²) in [6.45, 7) is 4.40. The number of aromatic nitrogens is 4. The van der Waals surface area contributed by atoms with E-state index in [0.29, 0.717) is 29.2 Å². The molecular weight excluding hydrogens is 448 g/mol. The molecule has 180 valence electrons. The summed E-state index contributed by atoms with van der Waals surface area (Å²) in [7, 11) is 2.52. The van der Waals surface area contributed by atoms with Gasteiger partial charge in [0, 0.05) is 23.5 Å². The average molecular weight is 475 g/mol. The second-order valence-corrected chi connectivity index (χ2v) is 8.03. The average Bonchev–Trinajstić information content (AvgIpc) is 3.52. The Bertz CT molecular complexity index is 1330. The van der Waals surface area contributed by atoms with Crippen LogP contribution in [0.15, 0.2) is 67.3 Å². The molecule has 0 spiro atoms. The smallest absolute Gasteiger partial charge is 0.357 e. The van der Waals surface area contributed by atoms with Crippen LogP contribution in [0.25, 0.3) is 16.9 Å². The molecule has 0 unspecified atom stereocenters. The number of esters is 2. The second kappa shape index (κ2) is 10.3. The number of ether oxygens (including phenoxy) is 3. The molecule has 0 aliphatic rings. The molecule has 0 bridgehead atoms. The number of hydrogen-bond acceptors (Lipinski definition) is 7.